The van der Waals surface area contributed by atoms with Crippen molar-refractivity contribution in [2.75, 3.05) is 0 Å². The van der Waals surface area contributed by atoms with Gasteiger partial charge in [-0.05, 0) is 64.8 Å². The van der Waals surface area contributed by atoms with Gasteiger partial charge in [-0.15, -0.1) is 0 Å². The highest BCUT2D eigenvalue weighted by Crippen LogP contribution is 2.50. The van der Waals surface area contributed by atoms with Gasteiger partial charge in [0, 0.05) is 0 Å². The van der Waals surface area contributed by atoms with Crippen molar-refractivity contribution in [2.24, 2.45) is 11.3 Å². The van der Waals surface area contributed by atoms with E-state index in [1.54, 1.807) is 0 Å². The summed E-state index contributed by atoms with van der Waals surface area (Å²) in [5.74, 6) is 0.658. The molecular formula is C24H31NO2. The van der Waals surface area contributed by atoms with Crippen LogP contribution in [0, 0.1) is 11.3 Å². The van der Waals surface area contributed by atoms with Crippen LogP contribution in [0.1, 0.15) is 63.3 Å². The molecule has 1 aliphatic carbocycles. The van der Waals surface area contributed by atoms with Crippen molar-refractivity contribution in [1.82, 2.24) is 5.32 Å². The first-order valence-electron chi connectivity index (χ1n) is 10.1. The van der Waals surface area contributed by atoms with Gasteiger partial charge >= 0.3 is 6.09 Å². The molecule has 1 amide bonds. The lowest BCUT2D eigenvalue weighted by Crippen LogP contribution is -2.37. The highest BCUT2D eigenvalue weighted by molar-refractivity contribution is 5.68. The Kier molecular flexibility index (Phi) is 5.59. The van der Waals surface area contributed by atoms with Gasteiger partial charge in [0.05, 0.1) is 6.04 Å². The molecule has 3 heteroatoms. The maximum absolute atomic E-state index is 11.4. The number of benzene rings is 2. The van der Waals surface area contributed by atoms with Gasteiger partial charge in [-0.2, -0.15) is 0 Å². The lowest BCUT2D eigenvalue weighted by atomic mass is 9.76. The lowest BCUT2D eigenvalue weighted by molar-refractivity contribution is 0.157. The molecule has 0 aliphatic heterocycles. The number of hydrogen-bond donors (Lipinski definition) is 2. The predicted molar refractivity (Wildman–Crippen MR) is 111 cm³/mol. The van der Waals surface area contributed by atoms with Crippen LogP contribution in [0.5, 0.6) is 0 Å². The third-order valence-electron chi connectivity index (χ3n) is 6.22. The molecule has 1 atom stereocenters. The van der Waals surface area contributed by atoms with Crippen LogP contribution in [-0.4, -0.2) is 11.2 Å². The molecule has 3 nitrogen and oxygen atoms in total. The number of fused-ring (bicyclic) bond motifs is 1. The average molecular weight is 366 g/mol. The molecule has 144 valence electrons. The zero-order valence-electron chi connectivity index (χ0n) is 16.9. The summed E-state index contributed by atoms with van der Waals surface area (Å²) in [6.45, 7) is 8.81. The molecule has 0 heterocycles. The summed E-state index contributed by atoms with van der Waals surface area (Å²) in [5.41, 5.74) is 6.19. The molecule has 1 unspecified atom stereocenters. The van der Waals surface area contributed by atoms with Crippen LogP contribution in [0.15, 0.2) is 42.5 Å². The Balaban J connectivity index is 1.93. The Labute approximate surface area is 162 Å². The SMILES string of the molecule is CCC1(CC)Cc2cc(-c3ccc(CC(C)C)cc3)ccc2C1NC(=O)O. The molecule has 0 spiro atoms. The van der Waals surface area contributed by atoms with Gasteiger partial charge in [0.2, 0.25) is 0 Å². The highest BCUT2D eigenvalue weighted by atomic mass is 16.4. The smallest absolute Gasteiger partial charge is 0.405 e. The Morgan fingerprint density at radius 2 is 1.74 bits per heavy atom. The lowest BCUT2D eigenvalue weighted by Gasteiger charge is -2.33. The van der Waals surface area contributed by atoms with Gasteiger partial charge in [0.25, 0.3) is 0 Å². The van der Waals surface area contributed by atoms with Crippen LogP contribution in [0.25, 0.3) is 11.1 Å². The number of nitrogens with one attached hydrogen (secondary N) is 1. The Bertz CT molecular complexity index is 804. The van der Waals surface area contributed by atoms with E-state index in [1.165, 1.54) is 22.3 Å². The second-order valence-electron chi connectivity index (χ2n) is 8.34. The molecule has 1 aliphatic rings. The van der Waals surface area contributed by atoms with Crippen molar-refractivity contribution in [1.29, 1.82) is 0 Å². The number of rotatable bonds is 6. The van der Waals surface area contributed by atoms with Crippen LogP contribution < -0.4 is 5.32 Å². The monoisotopic (exact) mass is 365 g/mol. The topological polar surface area (TPSA) is 49.3 Å². The van der Waals surface area contributed by atoms with Crippen molar-refractivity contribution in [3.8, 4) is 11.1 Å². The van der Waals surface area contributed by atoms with E-state index in [1.807, 2.05) is 0 Å². The number of hydrogen-bond acceptors (Lipinski definition) is 1. The second-order valence-corrected chi connectivity index (χ2v) is 8.34. The number of amides is 1. The summed E-state index contributed by atoms with van der Waals surface area (Å²) in [6, 6.07) is 15.2. The van der Waals surface area contributed by atoms with Gasteiger partial charge in [-0.3, -0.25) is 0 Å². The third kappa shape index (κ3) is 3.87. The van der Waals surface area contributed by atoms with Crippen molar-refractivity contribution in [3.63, 3.8) is 0 Å². The molecule has 0 saturated carbocycles. The summed E-state index contributed by atoms with van der Waals surface area (Å²) in [4.78, 5) is 11.4. The summed E-state index contributed by atoms with van der Waals surface area (Å²) >= 11 is 0. The number of carboxylic acid groups (broad SMARTS) is 1. The molecule has 2 N–H and O–H groups in total. The summed E-state index contributed by atoms with van der Waals surface area (Å²) in [7, 11) is 0. The molecule has 0 radical (unpaired) electrons. The average Bonchev–Trinajstić information content (AvgIpc) is 2.94. The van der Waals surface area contributed by atoms with Gasteiger partial charge < -0.3 is 10.4 Å². The van der Waals surface area contributed by atoms with Crippen molar-refractivity contribution >= 4 is 6.09 Å². The molecule has 0 aromatic heterocycles. The summed E-state index contributed by atoms with van der Waals surface area (Å²) in [5, 5.41) is 12.1. The van der Waals surface area contributed by atoms with E-state index < -0.39 is 6.09 Å². The Morgan fingerprint density at radius 3 is 2.30 bits per heavy atom. The van der Waals surface area contributed by atoms with Crippen molar-refractivity contribution < 1.29 is 9.90 Å². The fraction of sp³-hybridized carbons (Fsp3) is 0.458. The van der Waals surface area contributed by atoms with Gasteiger partial charge in [-0.1, -0.05) is 70.2 Å². The van der Waals surface area contributed by atoms with Crippen LogP contribution >= 0.6 is 0 Å². The Morgan fingerprint density at radius 1 is 1.11 bits per heavy atom. The first-order valence-corrected chi connectivity index (χ1v) is 10.1. The molecule has 0 saturated heterocycles. The first-order chi connectivity index (χ1) is 12.9. The quantitative estimate of drug-likeness (QED) is 0.638. The minimum Gasteiger partial charge on any atom is -0.465 e. The van der Waals surface area contributed by atoms with Crippen LogP contribution in [0.3, 0.4) is 0 Å². The zero-order chi connectivity index (χ0) is 19.6. The zero-order valence-corrected chi connectivity index (χ0v) is 16.9. The van der Waals surface area contributed by atoms with Gasteiger partial charge in [0.1, 0.15) is 0 Å². The van der Waals surface area contributed by atoms with Gasteiger partial charge in [-0.25, -0.2) is 4.79 Å². The molecule has 0 bridgehead atoms. The summed E-state index contributed by atoms with van der Waals surface area (Å²) in [6.07, 6.45) is 3.01. The highest BCUT2D eigenvalue weighted by Gasteiger charge is 2.44. The molecule has 2 aromatic rings. The van der Waals surface area contributed by atoms with Crippen molar-refractivity contribution in [2.45, 2.75) is 59.4 Å². The largest absolute Gasteiger partial charge is 0.465 e. The summed E-state index contributed by atoms with van der Waals surface area (Å²) < 4.78 is 0. The van der Waals surface area contributed by atoms with E-state index in [4.69, 9.17) is 0 Å². The molecule has 2 aromatic carbocycles. The standard InChI is InChI=1S/C24H31NO2/c1-5-24(6-2)15-20-14-19(11-12-21(20)22(24)25-23(26)27)18-9-7-17(8-10-18)13-16(3)4/h7-12,14,16,22,25H,5-6,13,15H2,1-4H3,(H,26,27). The van der Waals surface area contributed by atoms with E-state index in [-0.39, 0.29) is 11.5 Å². The molecule has 0 fully saturated rings. The maximum atomic E-state index is 11.4. The minimum absolute atomic E-state index is 0.0273. The van der Waals surface area contributed by atoms with E-state index in [2.05, 4.69) is 75.5 Å². The van der Waals surface area contributed by atoms with Crippen LogP contribution in [0.4, 0.5) is 4.79 Å². The number of carbonyl (C=O) groups is 1. The fourth-order valence-corrected chi connectivity index (χ4v) is 4.60. The normalized spacial score (nSPS) is 17.7. The van der Waals surface area contributed by atoms with E-state index in [0.717, 1.165) is 31.2 Å². The maximum Gasteiger partial charge on any atom is 0.405 e. The molecular weight excluding hydrogens is 334 g/mol. The Hall–Kier alpha value is -2.29. The first kappa shape index (κ1) is 19.5. The van der Waals surface area contributed by atoms with Crippen LogP contribution in [-0.2, 0) is 12.8 Å². The second kappa shape index (κ2) is 7.75. The molecule has 3 rings (SSSR count). The fourth-order valence-electron chi connectivity index (χ4n) is 4.60. The third-order valence-corrected chi connectivity index (χ3v) is 6.22. The minimum atomic E-state index is -0.941. The van der Waals surface area contributed by atoms with E-state index in [0.29, 0.717) is 5.92 Å². The van der Waals surface area contributed by atoms with E-state index in [9.17, 15) is 9.90 Å². The van der Waals surface area contributed by atoms with Crippen LogP contribution in [0.2, 0.25) is 0 Å². The van der Waals surface area contributed by atoms with Crippen molar-refractivity contribution in [3.05, 3.63) is 59.2 Å². The molecule has 27 heavy (non-hydrogen) atoms. The predicted octanol–water partition coefficient (Wildman–Crippen LogP) is 6.22. The van der Waals surface area contributed by atoms with E-state index >= 15 is 0 Å². The van der Waals surface area contributed by atoms with Gasteiger partial charge in [0.15, 0.2) is 0 Å².